The minimum atomic E-state index is -0.649. The fourth-order valence-corrected chi connectivity index (χ4v) is 2.43. The number of aliphatic hydroxyl groups excluding tert-OH is 2. The number of carboxylic acid groups (broad SMARTS) is 2. The molecule has 0 aromatic heterocycles. The zero-order chi connectivity index (χ0) is 21.0. The Morgan fingerprint density at radius 3 is 1.37 bits per heavy atom. The summed E-state index contributed by atoms with van der Waals surface area (Å²) in [6, 6.07) is 0. The second kappa shape index (κ2) is 12.7. The predicted octanol–water partition coefficient (Wildman–Crippen LogP) is 3.63. The first-order valence-electron chi connectivity index (χ1n) is 9.51. The lowest BCUT2D eigenvalue weighted by atomic mass is 9.90. The van der Waals surface area contributed by atoms with Crippen molar-refractivity contribution >= 4 is 11.9 Å². The molecule has 2 aliphatic carbocycles. The molecule has 0 saturated heterocycles. The van der Waals surface area contributed by atoms with Crippen molar-refractivity contribution in [3.63, 3.8) is 0 Å². The molecule has 0 spiro atoms. The Morgan fingerprint density at radius 2 is 1.22 bits per heavy atom. The predicted molar refractivity (Wildman–Crippen MR) is 105 cm³/mol. The maximum atomic E-state index is 10.4. The van der Waals surface area contributed by atoms with Crippen LogP contribution in [0.15, 0.2) is 23.3 Å². The highest BCUT2D eigenvalue weighted by Crippen LogP contribution is 2.23. The van der Waals surface area contributed by atoms with Crippen LogP contribution in [0.3, 0.4) is 0 Å². The maximum absolute atomic E-state index is 10.4. The molecule has 2 rings (SSSR count). The van der Waals surface area contributed by atoms with Gasteiger partial charge in [0, 0.05) is 5.41 Å². The molecule has 6 nitrogen and oxygen atoms in total. The third-order valence-electron chi connectivity index (χ3n) is 4.83. The van der Waals surface area contributed by atoms with Crippen LogP contribution in [-0.4, -0.2) is 45.6 Å². The summed E-state index contributed by atoms with van der Waals surface area (Å²) >= 11 is 0. The normalized spacial score (nSPS) is 22.1. The van der Waals surface area contributed by atoms with Gasteiger partial charge in [-0.05, 0) is 52.4 Å². The van der Waals surface area contributed by atoms with Gasteiger partial charge in [0.2, 0.25) is 0 Å². The van der Waals surface area contributed by atoms with E-state index in [-0.39, 0.29) is 30.5 Å². The van der Waals surface area contributed by atoms with E-state index in [0.29, 0.717) is 0 Å². The summed E-state index contributed by atoms with van der Waals surface area (Å²) < 4.78 is 0. The second-order valence-electron chi connectivity index (χ2n) is 8.20. The average molecular weight is 385 g/mol. The molecule has 0 aliphatic heterocycles. The molecule has 2 atom stereocenters. The molecule has 2 aliphatic rings. The molecule has 156 valence electrons. The number of carbonyl (C=O) groups is 2. The summed E-state index contributed by atoms with van der Waals surface area (Å²) in [5.41, 5.74) is 2.36. The minimum absolute atomic E-state index is 0.0451. The highest BCUT2D eigenvalue weighted by atomic mass is 16.4. The van der Waals surface area contributed by atoms with Crippen molar-refractivity contribution in [2.45, 2.75) is 66.2 Å². The van der Waals surface area contributed by atoms with Gasteiger partial charge in [0.1, 0.15) is 0 Å². The van der Waals surface area contributed by atoms with Crippen molar-refractivity contribution in [1.29, 1.82) is 0 Å². The van der Waals surface area contributed by atoms with Gasteiger partial charge in [0.25, 0.3) is 0 Å². The average Bonchev–Trinajstić information content (AvgIpc) is 2.63. The molecule has 0 amide bonds. The Hall–Kier alpha value is -1.66. The number of carboxylic acids is 2. The minimum Gasteiger partial charge on any atom is -0.481 e. The number of hydrogen-bond donors (Lipinski definition) is 4. The number of hydrogen-bond acceptors (Lipinski definition) is 4. The van der Waals surface area contributed by atoms with Gasteiger partial charge in [-0.1, -0.05) is 37.1 Å². The molecule has 2 unspecified atom stereocenters. The first-order valence-corrected chi connectivity index (χ1v) is 9.51. The fourth-order valence-electron chi connectivity index (χ4n) is 2.43. The largest absolute Gasteiger partial charge is 0.481 e. The highest BCUT2D eigenvalue weighted by molar-refractivity contribution is 5.70. The summed E-state index contributed by atoms with van der Waals surface area (Å²) in [5, 5.41) is 34.1. The molecule has 0 aromatic carbocycles. The number of rotatable bonds is 4. The first kappa shape index (κ1) is 25.3. The fraction of sp³-hybridized carbons (Fsp3) is 0.714. The lowest BCUT2D eigenvalue weighted by molar-refractivity contribution is -0.142. The molecule has 0 saturated carbocycles. The molecule has 0 radical (unpaired) electrons. The lowest BCUT2D eigenvalue weighted by Crippen LogP contribution is -2.20. The third kappa shape index (κ3) is 11.6. The van der Waals surface area contributed by atoms with E-state index in [1.165, 1.54) is 11.1 Å². The van der Waals surface area contributed by atoms with E-state index >= 15 is 0 Å². The van der Waals surface area contributed by atoms with Gasteiger partial charge < -0.3 is 20.4 Å². The smallest absolute Gasteiger partial charge is 0.306 e. The van der Waals surface area contributed by atoms with E-state index in [1.807, 2.05) is 12.2 Å². The molecular formula is C21H36O6. The molecule has 0 fully saturated rings. The molecule has 0 bridgehead atoms. The van der Waals surface area contributed by atoms with Crippen molar-refractivity contribution in [3.8, 4) is 0 Å². The third-order valence-corrected chi connectivity index (χ3v) is 4.83. The molecule has 0 heterocycles. The first-order chi connectivity index (χ1) is 12.5. The number of aliphatic carboxylic acids is 2. The van der Waals surface area contributed by atoms with Crippen LogP contribution in [0.4, 0.5) is 0 Å². The number of allylic oxidation sites excluding steroid dienone is 4. The van der Waals surface area contributed by atoms with E-state index in [4.69, 9.17) is 20.4 Å². The van der Waals surface area contributed by atoms with Gasteiger partial charge in [-0.3, -0.25) is 9.59 Å². The van der Waals surface area contributed by atoms with Crippen LogP contribution in [0.2, 0.25) is 0 Å². The summed E-state index contributed by atoms with van der Waals surface area (Å²) in [4.78, 5) is 20.9. The standard InChI is InChI=1S/2C8H12O2.C5H12O2/c2*1-6-2-4-7(5-3-6)8(9)10;1-5(2,3-6)4-7/h2*2,7H,3-5H2,1H3,(H,9,10);6-7H,3-4H2,1-2H3. The monoisotopic (exact) mass is 384 g/mol. The molecule has 6 heteroatoms. The van der Waals surface area contributed by atoms with E-state index in [1.54, 1.807) is 13.8 Å². The summed E-state index contributed by atoms with van der Waals surface area (Å²) in [6.07, 6.45) is 9.05. The van der Waals surface area contributed by atoms with E-state index < -0.39 is 11.9 Å². The van der Waals surface area contributed by atoms with Crippen LogP contribution in [0.25, 0.3) is 0 Å². The quantitative estimate of drug-likeness (QED) is 0.550. The van der Waals surface area contributed by atoms with Crippen molar-refractivity contribution in [2.24, 2.45) is 17.3 Å². The van der Waals surface area contributed by atoms with Crippen LogP contribution in [0, 0.1) is 17.3 Å². The lowest BCUT2D eigenvalue weighted by Gasteiger charge is -2.16. The maximum Gasteiger partial charge on any atom is 0.306 e. The zero-order valence-corrected chi connectivity index (χ0v) is 17.1. The van der Waals surface area contributed by atoms with E-state index in [9.17, 15) is 9.59 Å². The Labute approximate surface area is 162 Å². The Kier molecular flexibility index (Phi) is 11.9. The van der Waals surface area contributed by atoms with Gasteiger partial charge in [-0.2, -0.15) is 0 Å². The summed E-state index contributed by atoms with van der Waals surface area (Å²) in [6.45, 7) is 7.79. The Bertz CT molecular complexity index is 487. The van der Waals surface area contributed by atoms with Crippen LogP contribution in [0.1, 0.15) is 66.2 Å². The SMILES string of the molecule is CC(C)(CO)CO.CC1=CCC(C(=O)O)CC1.CC1=CCC(C(=O)O)CC1. The second-order valence-corrected chi connectivity index (χ2v) is 8.20. The van der Waals surface area contributed by atoms with Crippen LogP contribution in [-0.2, 0) is 9.59 Å². The van der Waals surface area contributed by atoms with Crippen molar-refractivity contribution in [1.82, 2.24) is 0 Å². The molecular weight excluding hydrogens is 348 g/mol. The van der Waals surface area contributed by atoms with Gasteiger partial charge >= 0.3 is 11.9 Å². The summed E-state index contributed by atoms with van der Waals surface area (Å²) in [7, 11) is 0. The van der Waals surface area contributed by atoms with Crippen LogP contribution in [0.5, 0.6) is 0 Å². The molecule has 0 aromatic rings. The van der Waals surface area contributed by atoms with Gasteiger partial charge in [-0.25, -0.2) is 0 Å². The zero-order valence-electron chi connectivity index (χ0n) is 17.1. The van der Waals surface area contributed by atoms with Crippen LogP contribution < -0.4 is 0 Å². The van der Waals surface area contributed by atoms with Crippen molar-refractivity contribution < 1.29 is 30.0 Å². The summed E-state index contributed by atoms with van der Waals surface area (Å²) in [5.74, 6) is -1.54. The van der Waals surface area contributed by atoms with Gasteiger partial charge in [0.05, 0.1) is 25.0 Å². The Morgan fingerprint density at radius 1 is 0.889 bits per heavy atom. The van der Waals surface area contributed by atoms with E-state index in [0.717, 1.165) is 38.5 Å². The van der Waals surface area contributed by atoms with Crippen molar-refractivity contribution in [2.75, 3.05) is 13.2 Å². The van der Waals surface area contributed by atoms with Crippen molar-refractivity contribution in [3.05, 3.63) is 23.3 Å². The van der Waals surface area contributed by atoms with E-state index in [2.05, 4.69) is 13.8 Å². The van der Waals surface area contributed by atoms with Crippen LogP contribution >= 0.6 is 0 Å². The van der Waals surface area contributed by atoms with Gasteiger partial charge in [-0.15, -0.1) is 0 Å². The Balaban J connectivity index is 0.000000384. The van der Waals surface area contributed by atoms with Gasteiger partial charge in [0.15, 0.2) is 0 Å². The highest BCUT2D eigenvalue weighted by Gasteiger charge is 2.19. The topological polar surface area (TPSA) is 115 Å². The number of aliphatic hydroxyl groups is 2. The molecule has 27 heavy (non-hydrogen) atoms. The molecule has 4 N–H and O–H groups in total.